The molecule has 0 unspecified atom stereocenters. The number of aliphatic carboxylic acids is 1. The van der Waals surface area contributed by atoms with Crippen LogP contribution in [0.1, 0.15) is 22.5 Å². The van der Waals surface area contributed by atoms with Gasteiger partial charge in [-0.15, -0.1) is 0 Å². The fourth-order valence-corrected chi connectivity index (χ4v) is 2.15. The third-order valence-electron chi connectivity index (χ3n) is 3.43. The first-order chi connectivity index (χ1) is 12.2. The van der Waals surface area contributed by atoms with E-state index >= 15 is 0 Å². The van der Waals surface area contributed by atoms with Crippen molar-refractivity contribution in [2.75, 3.05) is 5.32 Å². The Labute approximate surface area is 145 Å². The Morgan fingerprint density at radius 1 is 1.23 bits per heavy atom. The van der Waals surface area contributed by atoms with Crippen LogP contribution in [0, 0.1) is 27.2 Å². The second-order valence-electron chi connectivity index (χ2n) is 5.22. The first-order valence-electron chi connectivity index (χ1n) is 7.19. The summed E-state index contributed by atoms with van der Waals surface area (Å²) in [5.41, 5.74) is -1.32. The Hall–Kier alpha value is -3.83. The van der Waals surface area contributed by atoms with E-state index in [1.807, 2.05) is 0 Å². The van der Waals surface area contributed by atoms with Crippen molar-refractivity contribution >= 4 is 28.9 Å². The van der Waals surface area contributed by atoms with Crippen LogP contribution in [0.15, 0.2) is 24.4 Å². The molecule has 0 radical (unpaired) electrons. The van der Waals surface area contributed by atoms with Crippen LogP contribution in [-0.4, -0.2) is 36.6 Å². The average Bonchev–Trinajstić information content (AvgIpc) is 3.03. The highest BCUT2D eigenvalue weighted by Gasteiger charge is 2.24. The molecule has 0 aliphatic carbocycles. The summed E-state index contributed by atoms with van der Waals surface area (Å²) in [6, 6.07) is 3.36. The number of carboxylic acid groups (broad SMARTS) is 1. The predicted octanol–water partition coefficient (Wildman–Crippen LogP) is 1.73. The van der Waals surface area contributed by atoms with E-state index in [4.69, 9.17) is 5.11 Å². The van der Waals surface area contributed by atoms with E-state index in [2.05, 4.69) is 10.4 Å². The summed E-state index contributed by atoms with van der Waals surface area (Å²) < 4.78 is 1.25. The molecule has 0 spiro atoms. The molecule has 2 aromatic rings. The third-order valence-corrected chi connectivity index (χ3v) is 3.43. The predicted molar refractivity (Wildman–Crippen MR) is 86.9 cm³/mol. The van der Waals surface area contributed by atoms with Gasteiger partial charge in [-0.2, -0.15) is 5.10 Å². The SMILES string of the molecule is Cc1c([N+](=O)[O-])cc(NC(=O)c2ccn(CCC(=O)O)n2)cc1[N+](=O)[O-]. The van der Waals surface area contributed by atoms with Crippen LogP contribution in [-0.2, 0) is 11.3 Å². The van der Waals surface area contributed by atoms with Gasteiger partial charge in [-0.05, 0) is 13.0 Å². The number of rotatable bonds is 7. The summed E-state index contributed by atoms with van der Waals surface area (Å²) in [5.74, 6) is -1.77. The molecule has 26 heavy (non-hydrogen) atoms. The first-order valence-corrected chi connectivity index (χ1v) is 7.19. The molecule has 1 amide bonds. The standard InChI is InChI=1S/C14H13N5O7/c1-8-11(18(23)24)6-9(7-12(8)19(25)26)15-14(22)10-2-4-17(16-10)5-3-13(20)21/h2,4,6-7H,3,5H2,1H3,(H,15,22)(H,20,21). The molecule has 0 saturated carbocycles. The lowest BCUT2D eigenvalue weighted by atomic mass is 10.1. The lowest BCUT2D eigenvalue weighted by Gasteiger charge is -2.06. The third kappa shape index (κ3) is 4.17. The van der Waals surface area contributed by atoms with Gasteiger partial charge < -0.3 is 10.4 Å². The maximum atomic E-state index is 12.2. The van der Waals surface area contributed by atoms with Crippen LogP contribution >= 0.6 is 0 Å². The van der Waals surface area contributed by atoms with Crippen LogP contribution < -0.4 is 5.32 Å². The molecule has 1 heterocycles. The molecule has 12 heteroatoms. The second-order valence-corrected chi connectivity index (χ2v) is 5.22. The summed E-state index contributed by atoms with van der Waals surface area (Å²) in [6.45, 7) is 1.30. The Bertz CT molecular complexity index is 870. The first kappa shape index (κ1) is 18.5. The van der Waals surface area contributed by atoms with E-state index in [0.717, 1.165) is 12.1 Å². The Balaban J connectivity index is 2.25. The number of hydrogen-bond donors (Lipinski definition) is 2. The zero-order valence-electron chi connectivity index (χ0n) is 13.4. The summed E-state index contributed by atoms with van der Waals surface area (Å²) >= 11 is 0. The minimum absolute atomic E-state index is 0.0596. The molecule has 0 aliphatic heterocycles. The zero-order chi connectivity index (χ0) is 19.4. The minimum atomic E-state index is -1.02. The van der Waals surface area contributed by atoms with Crippen molar-refractivity contribution in [1.29, 1.82) is 0 Å². The van der Waals surface area contributed by atoms with E-state index in [0.29, 0.717) is 0 Å². The highest BCUT2D eigenvalue weighted by molar-refractivity contribution is 6.03. The smallest absolute Gasteiger partial charge is 0.305 e. The highest BCUT2D eigenvalue weighted by Crippen LogP contribution is 2.31. The molecule has 0 aliphatic rings. The number of nitro groups is 2. The molecule has 0 saturated heterocycles. The number of nitro benzene ring substituents is 2. The number of hydrogen-bond acceptors (Lipinski definition) is 7. The lowest BCUT2D eigenvalue weighted by molar-refractivity contribution is -0.395. The number of benzene rings is 1. The molecule has 0 bridgehead atoms. The fraction of sp³-hybridized carbons (Fsp3) is 0.214. The van der Waals surface area contributed by atoms with Crippen LogP contribution in [0.4, 0.5) is 17.1 Å². The van der Waals surface area contributed by atoms with E-state index in [1.54, 1.807) is 0 Å². The van der Waals surface area contributed by atoms with Gasteiger partial charge in [0.25, 0.3) is 17.3 Å². The van der Waals surface area contributed by atoms with Crippen molar-refractivity contribution < 1.29 is 24.5 Å². The minimum Gasteiger partial charge on any atom is -0.481 e. The fourth-order valence-electron chi connectivity index (χ4n) is 2.15. The number of aryl methyl sites for hydroxylation is 1. The Morgan fingerprint density at radius 2 is 1.81 bits per heavy atom. The van der Waals surface area contributed by atoms with Gasteiger partial charge in [0.1, 0.15) is 5.56 Å². The van der Waals surface area contributed by atoms with E-state index in [-0.39, 0.29) is 29.9 Å². The van der Waals surface area contributed by atoms with Crippen molar-refractivity contribution in [2.24, 2.45) is 0 Å². The summed E-state index contributed by atoms with van der Waals surface area (Å²) in [5, 5.41) is 36.9. The quantitative estimate of drug-likeness (QED) is 0.553. The maximum Gasteiger partial charge on any atom is 0.305 e. The number of carbonyl (C=O) groups is 2. The molecule has 2 rings (SSSR count). The highest BCUT2D eigenvalue weighted by atomic mass is 16.6. The van der Waals surface area contributed by atoms with Crippen LogP contribution in [0.5, 0.6) is 0 Å². The average molecular weight is 363 g/mol. The topological polar surface area (TPSA) is 170 Å². The molecule has 12 nitrogen and oxygen atoms in total. The lowest BCUT2D eigenvalue weighted by Crippen LogP contribution is -2.14. The molecule has 0 atom stereocenters. The Kier molecular flexibility index (Phi) is 5.25. The summed E-state index contributed by atoms with van der Waals surface area (Å²) in [4.78, 5) is 43.2. The monoisotopic (exact) mass is 363 g/mol. The molecule has 136 valence electrons. The van der Waals surface area contributed by atoms with Crippen molar-refractivity contribution in [3.63, 3.8) is 0 Å². The molecular formula is C14H13N5O7. The molecular weight excluding hydrogens is 350 g/mol. The normalized spacial score (nSPS) is 10.3. The largest absolute Gasteiger partial charge is 0.481 e. The molecule has 1 aromatic heterocycles. The van der Waals surface area contributed by atoms with Gasteiger partial charge in [0.05, 0.1) is 28.5 Å². The van der Waals surface area contributed by atoms with Crippen LogP contribution in [0.2, 0.25) is 0 Å². The van der Waals surface area contributed by atoms with E-state index in [9.17, 15) is 29.8 Å². The van der Waals surface area contributed by atoms with Crippen LogP contribution in [0.25, 0.3) is 0 Å². The molecule has 2 N–H and O–H groups in total. The Morgan fingerprint density at radius 3 is 2.31 bits per heavy atom. The number of nitrogens with zero attached hydrogens (tertiary/aromatic N) is 4. The number of carbonyl (C=O) groups excluding carboxylic acids is 1. The number of amides is 1. The van der Waals surface area contributed by atoms with Crippen LogP contribution in [0.3, 0.4) is 0 Å². The number of aromatic nitrogens is 2. The van der Waals surface area contributed by atoms with Gasteiger partial charge in [-0.1, -0.05) is 0 Å². The van der Waals surface area contributed by atoms with Gasteiger partial charge >= 0.3 is 5.97 Å². The number of nitrogens with one attached hydrogen (secondary N) is 1. The molecule has 1 aromatic carbocycles. The van der Waals surface area contributed by atoms with Gasteiger partial charge in [0, 0.05) is 18.3 Å². The zero-order valence-corrected chi connectivity index (χ0v) is 13.4. The van der Waals surface area contributed by atoms with Gasteiger partial charge in [-0.25, -0.2) is 0 Å². The van der Waals surface area contributed by atoms with Crippen molar-refractivity contribution in [1.82, 2.24) is 9.78 Å². The van der Waals surface area contributed by atoms with Gasteiger partial charge in [0.2, 0.25) is 0 Å². The molecule has 0 fully saturated rings. The number of anilines is 1. The van der Waals surface area contributed by atoms with E-state index < -0.39 is 33.1 Å². The van der Waals surface area contributed by atoms with Gasteiger partial charge in [0.15, 0.2) is 5.69 Å². The second kappa shape index (κ2) is 7.38. The number of carboxylic acids is 1. The summed E-state index contributed by atoms with van der Waals surface area (Å²) in [6.07, 6.45) is 1.22. The van der Waals surface area contributed by atoms with Crippen molar-refractivity contribution in [3.05, 3.63) is 55.9 Å². The van der Waals surface area contributed by atoms with Crippen molar-refractivity contribution in [3.8, 4) is 0 Å². The van der Waals surface area contributed by atoms with Gasteiger partial charge in [-0.3, -0.25) is 34.5 Å². The summed E-state index contributed by atoms with van der Waals surface area (Å²) in [7, 11) is 0. The van der Waals surface area contributed by atoms with E-state index in [1.165, 1.54) is 23.9 Å². The maximum absolute atomic E-state index is 12.2. The van der Waals surface area contributed by atoms with Crippen molar-refractivity contribution in [2.45, 2.75) is 19.9 Å².